The van der Waals surface area contributed by atoms with Gasteiger partial charge in [-0.1, -0.05) is 11.6 Å². The van der Waals surface area contributed by atoms with Crippen LogP contribution in [0, 0.1) is 0 Å². The first-order valence-corrected chi connectivity index (χ1v) is 8.89. The zero-order valence-corrected chi connectivity index (χ0v) is 14.0. The van der Waals surface area contributed by atoms with E-state index in [1.54, 1.807) is 6.20 Å². The van der Waals surface area contributed by atoms with Crippen molar-refractivity contribution in [3.8, 4) is 0 Å². The van der Waals surface area contributed by atoms with Crippen LogP contribution in [-0.2, 0) is 0 Å². The molecule has 0 saturated carbocycles. The van der Waals surface area contributed by atoms with Crippen molar-refractivity contribution in [1.82, 2.24) is 30.5 Å². The minimum atomic E-state index is -0.116. The second-order valence-electron chi connectivity index (χ2n) is 6.70. The molecule has 3 rings (SSSR count). The molecular weight excluding hydrogens is 292 g/mol. The van der Waals surface area contributed by atoms with Gasteiger partial charge in [0.05, 0.1) is 12.2 Å². The van der Waals surface area contributed by atoms with Crippen LogP contribution >= 0.6 is 0 Å². The molecule has 1 aromatic heterocycles. The van der Waals surface area contributed by atoms with Crippen LogP contribution < -0.4 is 10.6 Å². The van der Waals surface area contributed by atoms with Crippen molar-refractivity contribution in [3.05, 3.63) is 11.9 Å². The maximum Gasteiger partial charge on any atom is 0.273 e. The number of carbonyl (C=O) groups is 1. The number of piperidine rings is 2. The molecule has 7 heteroatoms. The van der Waals surface area contributed by atoms with Crippen LogP contribution in [0.2, 0.25) is 0 Å². The van der Waals surface area contributed by atoms with Gasteiger partial charge >= 0.3 is 0 Å². The van der Waals surface area contributed by atoms with Crippen molar-refractivity contribution in [2.45, 2.75) is 51.1 Å². The van der Waals surface area contributed by atoms with Crippen LogP contribution in [0.1, 0.15) is 55.6 Å². The summed E-state index contributed by atoms with van der Waals surface area (Å²) in [5, 5.41) is 14.5. The van der Waals surface area contributed by atoms with Gasteiger partial charge < -0.3 is 10.6 Å². The van der Waals surface area contributed by atoms with Crippen LogP contribution in [0.15, 0.2) is 6.20 Å². The van der Waals surface area contributed by atoms with Crippen molar-refractivity contribution in [2.24, 2.45) is 0 Å². The molecule has 2 aliphatic heterocycles. The topological polar surface area (TPSA) is 75.1 Å². The van der Waals surface area contributed by atoms with Gasteiger partial charge in [-0.15, -0.1) is 5.10 Å². The third-order valence-electron chi connectivity index (χ3n) is 5.05. The van der Waals surface area contributed by atoms with E-state index in [1.165, 1.54) is 19.3 Å². The highest BCUT2D eigenvalue weighted by atomic mass is 16.2. The number of amides is 1. The molecule has 1 amide bonds. The number of likely N-dealkylation sites (tertiary alicyclic amines) is 1. The predicted octanol–water partition coefficient (Wildman–Crippen LogP) is 0.807. The van der Waals surface area contributed by atoms with Gasteiger partial charge in [0.15, 0.2) is 5.69 Å². The number of hydrogen-bond donors (Lipinski definition) is 2. The molecule has 0 aliphatic carbocycles. The molecule has 1 aromatic rings. The number of nitrogens with one attached hydrogen (secondary N) is 2. The Hall–Kier alpha value is -1.47. The van der Waals surface area contributed by atoms with Gasteiger partial charge in [-0.2, -0.15) is 0 Å². The fraction of sp³-hybridized carbons (Fsp3) is 0.812. The molecule has 0 radical (unpaired) electrons. The number of aromatic nitrogens is 3. The molecule has 0 bridgehead atoms. The Bertz CT molecular complexity index is 510. The first-order valence-electron chi connectivity index (χ1n) is 8.89. The molecule has 2 aliphatic rings. The Labute approximate surface area is 137 Å². The summed E-state index contributed by atoms with van der Waals surface area (Å²) in [6.45, 7) is 6.99. The van der Waals surface area contributed by atoms with Gasteiger partial charge in [0, 0.05) is 19.1 Å². The summed E-state index contributed by atoms with van der Waals surface area (Å²) in [4.78, 5) is 14.7. The monoisotopic (exact) mass is 320 g/mol. The molecule has 3 heterocycles. The van der Waals surface area contributed by atoms with E-state index in [2.05, 4.69) is 32.8 Å². The predicted molar refractivity (Wildman–Crippen MR) is 88.4 cm³/mol. The van der Waals surface area contributed by atoms with E-state index in [1.807, 2.05) is 4.68 Å². The van der Waals surface area contributed by atoms with Crippen LogP contribution in [0.3, 0.4) is 0 Å². The highest BCUT2D eigenvalue weighted by Gasteiger charge is 2.20. The number of carbonyl (C=O) groups excluding carboxylic acids is 1. The molecule has 2 saturated heterocycles. The number of nitrogens with zero attached hydrogens (tertiary/aromatic N) is 4. The van der Waals surface area contributed by atoms with E-state index in [0.29, 0.717) is 24.3 Å². The average Bonchev–Trinajstić information content (AvgIpc) is 3.07. The van der Waals surface area contributed by atoms with Crippen molar-refractivity contribution in [1.29, 1.82) is 0 Å². The van der Waals surface area contributed by atoms with Crippen LogP contribution in [0.4, 0.5) is 0 Å². The zero-order chi connectivity index (χ0) is 16.1. The van der Waals surface area contributed by atoms with Crippen molar-refractivity contribution in [2.75, 3.05) is 32.7 Å². The number of rotatable bonds is 5. The maximum absolute atomic E-state index is 12.2. The first-order chi connectivity index (χ1) is 11.2. The quantitative estimate of drug-likeness (QED) is 0.840. The smallest absolute Gasteiger partial charge is 0.273 e. The van der Waals surface area contributed by atoms with Crippen LogP contribution in [0.25, 0.3) is 0 Å². The molecule has 128 valence electrons. The van der Waals surface area contributed by atoms with E-state index in [0.717, 1.165) is 39.0 Å². The summed E-state index contributed by atoms with van der Waals surface area (Å²) in [5.74, 6) is -0.116. The van der Waals surface area contributed by atoms with Gasteiger partial charge in [0.2, 0.25) is 0 Å². The number of hydrogen-bond acceptors (Lipinski definition) is 5. The highest BCUT2D eigenvalue weighted by Crippen LogP contribution is 2.17. The minimum Gasteiger partial charge on any atom is -0.349 e. The van der Waals surface area contributed by atoms with Crippen molar-refractivity contribution in [3.63, 3.8) is 0 Å². The Kier molecular flexibility index (Phi) is 5.61. The van der Waals surface area contributed by atoms with Gasteiger partial charge in [0.25, 0.3) is 5.91 Å². The van der Waals surface area contributed by atoms with Crippen molar-refractivity contribution >= 4 is 5.91 Å². The fourth-order valence-corrected chi connectivity index (χ4v) is 3.52. The Morgan fingerprint density at radius 1 is 1.35 bits per heavy atom. The van der Waals surface area contributed by atoms with Crippen LogP contribution in [-0.4, -0.2) is 64.6 Å². The first kappa shape index (κ1) is 16.4. The summed E-state index contributed by atoms with van der Waals surface area (Å²) in [6, 6.07) is 0.987. The second-order valence-corrected chi connectivity index (χ2v) is 6.70. The molecule has 2 fully saturated rings. The summed E-state index contributed by atoms with van der Waals surface area (Å²) in [7, 11) is 0. The molecule has 2 N–H and O–H groups in total. The molecule has 1 unspecified atom stereocenters. The Balaban J connectivity index is 1.45. The highest BCUT2D eigenvalue weighted by molar-refractivity contribution is 5.91. The largest absolute Gasteiger partial charge is 0.349 e. The van der Waals surface area contributed by atoms with Crippen molar-refractivity contribution < 1.29 is 4.79 Å². The molecule has 7 nitrogen and oxygen atoms in total. The van der Waals surface area contributed by atoms with Crippen LogP contribution in [0.5, 0.6) is 0 Å². The maximum atomic E-state index is 12.2. The third-order valence-corrected chi connectivity index (χ3v) is 5.05. The molecule has 23 heavy (non-hydrogen) atoms. The third kappa shape index (κ3) is 4.29. The SMILES string of the molecule is CC1CCCCN1CCNC(=O)c1cn(C2CCNCC2)nn1. The van der Waals surface area contributed by atoms with Gasteiger partial charge in [-0.25, -0.2) is 4.68 Å². The van der Waals surface area contributed by atoms with E-state index in [-0.39, 0.29) is 5.91 Å². The Morgan fingerprint density at radius 3 is 2.96 bits per heavy atom. The molecule has 0 aromatic carbocycles. The lowest BCUT2D eigenvalue weighted by Crippen LogP contribution is -2.42. The molecule has 1 atom stereocenters. The summed E-state index contributed by atoms with van der Waals surface area (Å²) < 4.78 is 1.85. The lowest BCUT2D eigenvalue weighted by molar-refractivity contribution is 0.0933. The lowest BCUT2D eigenvalue weighted by Gasteiger charge is -2.33. The second kappa shape index (κ2) is 7.88. The minimum absolute atomic E-state index is 0.116. The van der Waals surface area contributed by atoms with Gasteiger partial charge in [-0.3, -0.25) is 9.69 Å². The Morgan fingerprint density at radius 2 is 2.17 bits per heavy atom. The lowest BCUT2D eigenvalue weighted by atomic mass is 10.0. The van der Waals surface area contributed by atoms with Gasteiger partial charge in [-0.05, 0) is 52.2 Å². The van der Waals surface area contributed by atoms with E-state index < -0.39 is 0 Å². The van der Waals surface area contributed by atoms with E-state index in [4.69, 9.17) is 0 Å². The molecular formula is C16H28N6O. The fourth-order valence-electron chi connectivity index (χ4n) is 3.52. The molecule has 0 spiro atoms. The summed E-state index contributed by atoms with van der Waals surface area (Å²) in [6.07, 6.45) is 7.72. The summed E-state index contributed by atoms with van der Waals surface area (Å²) >= 11 is 0. The van der Waals surface area contributed by atoms with E-state index >= 15 is 0 Å². The van der Waals surface area contributed by atoms with Gasteiger partial charge in [0.1, 0.15) is 0 Å². The normalized spacial score (nSPS) is 23.8. The zero-order valence-electron chi connectivity index (χ0n) is 14.0. The standard InChI is InChI=1S/C16H28N6O/c1-13-4-2-3-10-21(13)11-9-18-16(23)15-12-22(20-19-15)14-5-7-17-8-6-14/h12-14,17H,2-11H2,1H3,(H,18,23). The van der Waals surface area contributed by atoms with E-state index in [9.17, 15) is 4.79 Å². The summed E-state index contributed by atoms with van der Waals surface area (Å²) in [5.41, 5.74) is 0.426. The average molecular weight is 320 g/mol.